The maximum atomic E-state index is 3.56. The van der Waals surface area contributed by atoms with E-state index in [-0.39, 0.29) is 0 Å². The molecule has 1 aromatic rings. The van der Waals surface area contributed by atoms with Crippen LogP contribution in [0.1, 0.15) is 38.8 Å². The van der Waals surface area contributed by atoms with E-state index in [9.17, 15) is 0 Å². The van der Waals surface area contributed by atoms with Crippen LogP contribution in [-0.4, -0.2) is 30.6 Å². The molecule has 0 bridgehead atoms. The van der Waals surface area contributed by atoms with E-state index in [1.807, 2.05) is 0 Å². The third kappa shape index (κ3) is 3.12. The van der Waals surface area contributed by atoms with Crippen molar-refractivity contribution < 1.29 is 0 Å². The Morgan fingerprint density at radius 1 is 1.28 bits per heavy atom. The third-order valence-electron chi connectivity index (χ3n) is 4.32. The smallest absolute Gasteiger partial charge is 0.0320 e. The number of nitrogens with zero attached hydrogens (tertiary/aromatic N) is 1. The molecule has 2 heteroatoms. The fourth-order valence-electron chi connectivity index (χ4n) is 3.01. The molecule has 18 heavy (non-hydrogen) atoms. The largest absolute Gasteiger partial charge is 0.314 e. The molecule has 100 valence electrons. The molecule has 1 aliphatic heterocycles. The summed E-state index contributed by atoms with van der Waals surface area (Å²) in [5.41, 5.74) is 1.44. The Labute approximate surface area is 111 Å². The van der Waals surface area contributed by atoms with Crippen molar-refractivity contribution in [2.24, 2.45) is 5.92 Å². The Hall–Kier alpha value is -0.860. The van der Waals surface area contributed by atoms with Gasteiger partial charge in [-0.3, -0.25) is 4.90 Å². The van der Waals surface area contributed by atoms with E-state index in [4.69, 9.17) is 0 Å². The van der Waals surface area contributed by atoms with Gasteiger partial charge in [-0.2, -0.15) is 0 Å². The molecule has 0 aromatic heterocycles. The van der Waals surface area contributed by atoms with Gasteiger partial charge in [-0.15, -0.1) is 0 Å². The SMILES string of the molecule is CCN[C@H](C)[C@@H]1CCN([C@@H](C)c2ccccc2)C1. The Morgan fingerprint density at radius 2 is 2.00 bits per heavy atom. The van der Waals surface area contributed by atoms with Gasteiger partial charge in [-0.25, -0.2) is 0 Å². The monoisotopic (exact) mass is 246 g/mol. The van der Waals surface area contributed by atoms with Crippen LogP contribution in [0.2, 0.25) is 0 Å². The quantitative estimate of drug-likeness (QED) is 0.859. The van der Waals surface area contributed by atoms with Crippen LogP contribution in [0.4, 0.5) is 0 Å². The van der Waals surface area contributed by atoms with Crippen LogP contribution in [0.25, 0.3) is 0 Å². The molecule has 1 heterocycles. The molecule has 1 saturated heterocycles. The summed E-state index contributed by atoms with van der Waals surface area (Å²) in [6.07, 6.45) is 1.32. The van der Waals surface area contributed by atoms with E-state index < -0.39 is 0 Å². The molecular formula is C16H26N2. The Bertz CT molecular complexity index is 349. The van der Waals surface area contributed by atoms with Crippen molar-refractivity contribution in [3.05, 3.63) is 35.9 Å². The Morgan fingerprint density at radius 3 is 2.67 bits per heavy atom. The number of benzene rings is 1. The van der Waals surface area contributed by atoms with Crippen molar-refractivity contribution in [1.29, 1.82) is 0 Å². The molecule has 0 radical (unpaired) electrons. The average Bonchev–Trinajstić information content (AvgIpc) is 2.89. The van der Waals surface area contributed by atoms with Crippen LogP contribution in [0.5, 0.6) is 0 Å². The first-order valence-corrected chi connectivity index (χ1v) is 7.24. The molecule has 0 unspecified atom stereocenters. The first kappa shape index (κ1) is 13.6. The summed E-state index contributed by atoms with van der Waals surface area (Å²) in [5, 5.41) is 3.56. The molecule has 2 rings (SSSR count). The summed E-state index contributed by atoms with van der Waals surface area (Å²) in [6.45, 7) is 10.4. The molecule has 1 fully saturated rings. The zero-order valence-electron chi connectivity index (χ0n) is 11.9. The summed E-state index contributed by atoms with van der Waals surface area (Å²) in [4.78, 5) is 2.62. The van der Waals surface area contributed by atoms with Crippen molar-refractivity contribution in [3.63, 3.8) is 0 Å². The van der Waals surface area contributed by atoms with E-state index in [0.29, 0.717) is 12.1 Å². The highest BCUT2D eigenvalue weighted by molar-refractivity contribution is 5.18. The lowest BCUT2D eigenvalue weighted by Crippen LogP contribution is -2.35. The number of likely N-dealkylation sites (tertiary alicyclic amines) is 1. The zero-order chi connectivity index (χ0) is 13.0. The van der Waals surface area contributed by atoms with Gasteiger partial charge in [0, 0.05) is 18.6 Å². The van der Waals surface area contributed by atoms with Crippen LogP contribution in [0, 0.1) is 5.92 Å². The molecule has 2 nitrogen and oxygen atoms in total. The number of rotatable bonds is 5. The normalized spacial score (nSPS) is 24.1. The van der Waals surface area contributed by atoms with Gasteiger partial charge in [0.1, 0.15) is 0 Å². The maximum Gasteiger partial charge on any atom is 0.0320 e. The van der Waals surface area contributed by atoms with Gasteiger partial charge in [-0.05, 0) is 44.8 Å². The van der Waals surface area contributed by atoms with E-state index in [1.165, 1.54) is 25.1 Å². The highest BCUT2D eigenvalue weighted by Crippen LogP contribution is 2.28. The van der Waals surface area contributed by atoms with Gasteiger partial charge in [0.2, 0.25) is 0 Å². The predicted molar refractivity (Wildman–Crippen MR) is 77.7 cm³/mol. The maximum absolute atomic E-state index is 3.56. The van der Waals surface area contributed by atoms with Gasteiger partial charge in [0.15, 0.2) is 0 Å². The molecule has 1 N–H and O–H groups in total. The minimum atomic E-state index is 0.546. The van der Waals surface area contributed by atoms with Crippen molar-refractivity contribution in [2.75, 3.05) is 19.6 Å². The van der Waals surface area contributed by atoms with Crippen LogP contribution in [0.15, 0.2) is 30.3 Å². The lowest BCUT2D eigenvalue weighted by molar-refractivity contribution is 0.243. The van der Waals surface area contributed by atoms with Crippen LogP contribution < -0.4 is 5.32 Å². The standard InChI is InChI=1S/C16H26N2/c1-4-17-13(2)16-10-11-18(12-16)14(3)15-8-6-5-7-9-15/h5-9,13-14,16-17H,4,10-12H2,1-3H3/t13-,14+,16-/m1/s1. The van der Waals surface area contributed by atoms with Crippen LogP contribution >= 0.6 is 0 Å². The summed E-state index contributed by atoms with van der Waals surface area (Å²) in [6, 6.07) is 12.0. The first-order valence-electron chi connectivity index (χ1n) is 7.24. The second-order valence-electron chi connectivity index (χ2n) is 5.48. The average molecular weight is 246 g/mol. The molecule has 3 atom stereocenters. The second-order valence-corrected chi connectivity index (χ2v) is 5.48. The van der Waals surface area contributed by atoms with Crippen molar-refractivity contribution >= 4 is 0 Å². The minimum absolute atomic E-state index is 0.546. The lowest BCUT2D eigenvalue weighted by atomic mass is 10.0. The zero-order valence-corrected chi connectivity index (χ0v) is 11.9. The molecule has 0 saturated carbocycles. The summed E-state index contributed by atoms with van der Waals surface area (Å²) in [5.74, 6) is 0.802. The topological polar surface area (TPSA) is 15.3 Å². The second kappa shape index (κ2) is 6.35. The van der Waals surface area contributed by atoms with Crippen LogP contribution in [0.3, 0.4) is 0 Å². The number of nitrogens with one attached hydrogen (secondary N) is 1. The number of hydrogen-bond donors (Lipinski definition) is 1. The van der Waals surface area contributed by atoms with Crippen molar-refractivity contribution in [2.45, 2.75) is 39.3 Å². The first-order chi connectivity index (χ1) is 8.72. The van der Waals surface area contributed by atoms with E-state index in [0.717, 1.165) is 12.5 Å². The van der Waals surface area contributed by atoms with Gasteiger partial charge in [-0.1, -0.05) is 37.3 Å². The fourth-order valence-corrected chi connectivity index (χ4v) is 3.01. The molecule has 1 aromatic carbocycles. The molecular weight excluding hydrogens is 220 g/mol. The van der Waals surface area contributed by atoms with Gasteiger partial charge in [0.05, 0.1) is 0 Å². The summed E-state index contributed by atoms with van der Waals surface area (Å²) < 4.78 is 0. The van der Waals surface area contributed by atoms with Gasteiger partial charge in [0.25, 0.3) is 0 Å². The summed E-state index contributed by atoms with van der Waals surface area (Å²) in [7, 11) is 0. The van der Waals surface area contributed by atoms with E-state index in [1.54, 1.807) is 0 Å². The lowest BCUT2D eigenvalue weighted by Gasteiger charge is -2.26. The van der Waals surface area contributed by atoms with Gasteiger partial charge >= 0.3 is 0 Å². The highest BCUT2D eigenvalue weighted by Gasteiger charge is 2.29. The van der Waals surface area contributed by atoms with Crippen molar-refractivity contribution in [1.82, 2.24) is 10.2 Å². The highest BCUT2D eigenvalue weighted by atomic mass is 15.2. The van der Waals surface area contributed by atoms with E-state index >= 15 is 0 Å². The minimum Gasteiger partial charge on any atom is -0.314 e. The fraction of sp³-hybridized carbons (Fsp3) is 0.625. The molecule has 0 aliphatic carbocycles. The van der Waals surface area contributed by atoms with Crippen molar-refractivity contribution in [3.8, 4) is 0 Å². The molecule has 0 amide bonds. The summed E-state index contributed by atoms with van der Waals surface area (Å²) >= 11 is 0. The Balaban J connectivity index is 1.92. The Kier molecular flexibility index (Phi) is 4.79. The van der Waals surface area contributed by atoms with Crippen LogP contribution in [-0.2, 0) is 0 Å². The molecule has 1 aliphatic rings. The third-order valence-corrected chi connectivity index (χ3v) is 4.32. The predicted octanol–water partition coefficient (Wildman–Crippen LogP) is 3.07. The molecule has 0 spiro atoms. The van der Waals surface area contributed by atoms with Gasteiger partial charge < -0.3 is 5.32 Å². The van der Waals surface area contributed by atoms with E-state index in [2.05, 4.69) is 61.3 Å². The number of hydrogen-bond acceptors (Lipinski definition) is 2.